The quantitative estimate of drug-likeness (QED) is 0.695. The number of rotatable bonds is 2. The maximum Gasteiger partial charge on any atom is 0.294 e. The first-order valence-electron chi connectivity index (χ1n) is 6.35. The molecule has 1 aliphatic heterocycles. The summed E-state index contributed by atoms with van der Waals surface area (Å²) in [6, 6.07) is 6.18. The van der Waals surface area contributed by atoms with Crippen molar-refractivity contribution in [3.05, 3.63) is 29.8 Å². The van der Waals surface area contributed by atoms with E-state index in [9.17, 15) is 8.42 Å². The fraction of sp³-hybridized carbons (Fsp3) is 0.538. The summed E-state index contributed by atoms with van der Waals surface area (Å²) < 4.78 is 34.7. The van der Waals surface area contributed by atoms with Gasteiger partial charge in [-0.1, -0.05) is 17.7 Å². The highest BCUT2D eigenvalue weighted by Gasteiger charge is 2.17. The van der Waals surface area contributed by atoms with Crippen molar-refractivity contribution in [1.82, 2.24) is 0 Å². The maximum absolute atomic E-state index is 10.5. The molecule has 1 heterocycles. The van der Waals surface area contributed by atoms with Crippen LogP contribution in [0.1, 0.15) is 18.4 Å². The number of hydrogen-bond donors (Lipinski definition) is 3. The largest absolute Gasteiger partial charge is 0.394 e. The molecule has 0 amide bonds. The van der Waals surface area contributed by atoms with Gasteiger partial charge >= 0.3 is 0 Å². The van der Waals surface area contributed by atoms with Crippen LogP contribution in [0.2, 0.25) is 0 Å². The lowest BCUT2D eigenvalue weighted by Crippen LogP contribution is -2.36. The highest BCUT2D eigenvalue weighted by molar-refractivity contribution is 7.85. The van der Waals surface area contributed by atoms with E-state index in [1.165, 1.54) is 12.1 Å². The smallest absolute Gasteiger partial charge is 0.294 e. The summed E-state index contributed by atoms with van der Waals surface area (Å²) >= 11 is 0. The third kappa shape index (κ3) is 5.98. The van der Waals surface area contributed by atoms with Crippen molar-refractivity contribution in [1.29, 1.82) is 0 Å². The number of aliphatic hydroxyl groups excluding tert-OH is 1. The minimum Gasteiger partial charge on any atom is -0.394 e. The Bertz CT molecular complexity index is 492. The van der Waals surface area contributed by atoms with Crippen LogP contribution in [0, 0.1) is 6.92 Å². The number of benzene rings is 1. The van der Waals surface area contributed by atoms with Gasteiger partial charge in [0, 0.05) is 6.04 Å². The maximum atomic E-state index is 10.5. The van der Waals surface area contributed by atoms with E-state index in [-0.39, 0.29) is 23.6 Å². The van der Waals surface area contributed by atoms with Gasteiger partial charge in [-0.2, -0.15) is 8.42 Å². The Hall–Kier alpha value is -0.990. The molecule has 2 rings (SSSR count). The molecule has 114 valence electrons. The number of hydrogen-bond acceptors (Lipinski definition) is 5. The number of ether oxygens (including phenoxy) is 1. The molecule has 20 heavy (non-hydrogen) atoms. The van der Waals surface area contributed by atoms with Crippen molar-refractivity contribution in [2.75, 3.05) is 13.2 Å². The van der Waals surface area contributed by atoms with Crippen molar-refractivity contribution in [3.8, 4) is 0 Å². The van der Waals surface area contributed by atoms with Crippen molar-refractivity contribution in [3.63, 3.8) is 0 Å². The lowest BCUT2D eigenvalue weighted by atomic mass is 10.1. The monoisotopic (exact) mass is 303 g/mol. The minimum atomic E-state index is -4.02. The number of aryl methyl sites for hydroxylation is 1. The normalized spacial score (nSPS) is 22.8. The van der Waals surface area contributed by atoms with Crippen LogP contribution in [0.3, 0.4) is 0 Å². The molecule has 4 N–H and O–H groups in total. The first-order valence-corrected chi connectivity index (χ1v) is 7.79. The second kappa shape index (κ2) is 7.70. The van der Waals surface area contributed by atoms with Gasteiger partial charge in [-0.15, -0.1) is 0 Å². The molecule has 1 aromatic carbocycles. The van der Waals surface area contributed by atoms with Crippen LogP contribution in [0.25, 0.3) is 0 Å². The average Bonchev–Trinajstić information content (AvgIpc) is 2.40. The summed E-state index contributed by atoms with van der Waals surface area (Å²) in [6.45, 7) is 2.58. The topological polar surface area (TPSA) is 110 Å². The molecule has 1 saturated heterocycles. The molecule has 2 atom stereocenters. The van der Waals surface area contributed by atoms with Gasteiger partial charge in [-0.3, -0.25) is 4.55 Å². The Labute approximate surface area is 119 Å². The Balaban J connectivity index is 0.000000204. The Morgan fingerprint density at radius 2 is 1.90 bits per heavy atom. The summed E-state index contributed by atoms with van der Waals surface area (Å²) in [7, 11) is -4.02. The van der Waals surface area contributed by atoms with Crippen LogP contribution >= 0.6 is 0 Å². The van der Waals surface area contributed by atoms with E-state index >= 15 is 0 Å². The average molecular weight is 303 g/mol. The Morgan fingerprint density at radius 1 is 1.30 bits per heavy atom. The van der Waals surface area contributed by atoms with Gasteiger partial charge in [0.2, 0.25) is 0 Å². The summed E-state index contributed by atoms with van der Waals surface area (Å²) in [4.78, 5) is -0.0666. The summed E-state index contributed by atoms with van der Waals surface area (Å²) in [6.07, 6.45) is 1.92. The van der Waals surface area contributed by atoms with Gasteiger partial charge in [-0.25, -0.2) is 0 Å². The molecule has 7 heteroatoms. The third-order valence-corrected chi connectivity index (χ3v) is 3.80. The van der Waals surface area contributed by atoms with Crippen LogP contribution < -0.4 is 5.73 Å². The van der Waals surface area contributed by atoms with E-state index < -0.39 is 10.1 Å². The van der Waals surface area contributed by atoms with Crippen molar-refractivity contribution in [2.45, 2.75) is 36.8 Å². The fourth-order valence-corrected chi connectivity index (χ4v) is 2.16. The third-order valence-electron chi connectivity index (χ3n) is 2.93. The number of nitrogens with two attached hydrogens (primary N) is 1. The van der Waals surface area contributed by atoms with Crippen LogP contribution in [-0.2, 0) is 14.9 Å². The highest BCUT2D eigenvalue weighted by Crippen LogP contribution is 2.10. The Kier molecular flexibility index (Phi) is 6.57. The van der Waals surface area contributed by atoms with Crippen LogP contribution in [0.15, 0.2) is 29.2 Å². The molecule has 1 fully saturated rings. The van der Waals surface area contributed by atoms with Gasteiger partial charge in [0.05, 0.1) is 24.2 Å². The van der Waals surface area contributed by atoms with Crippen molar-refractivity contribution < 1.29 is 22.8 Å². The molecule has 6 nitrogen and oxygen atoms in total. The molecule has 0 bridgehead atoms. The molecule has 1 aliphatic rings. The van der Waals surface area contributed by atoms with Crippen LogP contribution in [0.4, 0.5) is 0 Å². The molecule has 0 unspecified atom stereocenters. The first-order chi connectivity index (χ1) is 9.32. The van der Waals surface area contributed by atoms with Gasteiger partial charge in [0.1, 0.15) is 0 Å². The summed E-state index contributed by atoms with van der Waals surface area (Å²) in [5.41, 5.74) is 6.50. The molecule has 0 radical (unpaired) electrons. The molecule has 0 spiro atoms. The fourth-order valence-electron chi connectivity index (χ4n) is 1.68. The van der Waals surface area contributed by atoms with Gasteiger partial charge in [0.15, 0.2) is 0 Å². The molecule has 0 aliphatic carbocycles. The lowest BCUT2D eigenvalue weighted by molar-refractivity contribution is -0.0254. The number of aliphatic hydroxyl groups is 1. The lowest BCUT2D eigenvalue weighted by Gasteiger charge is -2.24. The van der Waals surface area contributed by atoms with E-state index in [2.05, 4.69) is 0 Å². The first kappa shape index (κ1) is 17.1. The predicted molar refractivity (Wildman–Crippen MR) is 75.0 cm³/mol. The van der Waals surface area contributed by atoms with E-state index in [0.717, 1.165) is 18.4 Å². The Morgan fingerprint density at radius 3 is 2.30 bits per heavy atom. The molecule has 0 saturated carbocycles. The van der Waals surface area contributed by atoms with E-state index in [0.29, 0.717) is 6.61 Å². The predicted octanol–water partition coefficient (Wildman–Crippen LogP) is 0.727. The summed E-state index contributed by atoms with van der Waals surface area (Å²) in [5, 5.41) is 8.61. The zero-order chi connectivity index (χ0) is 15.2. The van der Waals surface area contributed by atoms with Crippen LogP contribution in [0.5, 0.6) is 0 Å². The molecular weight excluding hydrogens is 282 g/mol. The standard InChI is InChI=1S/C7H8O3S.C6H13NO2/c1-6-2-4-7(5-3-6)11(8,9)10;7-5-1-2-6(3-8)9-4-5/h2-5H,1H3,(H,8,9,10);5-6,8H,1-4,7H2/t;5-,6+/m.1/s1. The zero-order valence-electron chi connectivity index (χ0n) is 11.4. The van der Waals surface area contributed by atoms with Crippen molar-refractivity contribution in [2.24, 2.45) is 5.73 Å². The zero-order valence-corrected chi connectivity index (χ0v) is 12.2. The van der Waals surface area contributed by atoms with Crippen molar-refractivity contribution >= 4 is 10.1 Å². The minimum absolute atomic E-state index is 0.0461. The van der Waals surface area contributed by atoms with E-state index in [1.54, 1.807) is 12.1 Å². The molecular formula is C13H21NO5S. The van der Waals surface area contributed by atoms with Crippen LogP contribution in [-0.4, -0.2) is 43.4 Å². The van der Waals surface area contributed by atoms with E-state index in [4.69, 9.17) is 20.1 Å². The SMILES string of the molecule is Cc1ccc(S(=O)(=O)O)cc1.N[C@@H]1CC[C@@H](CO)OC1. The second-order valence-corrected chi connectivity index (χ2v) is 6.19. The van der Waals surface area contributed by atoms with Gasteiger partial charge in [-0.05, 0) is 31.9 Å². The highest BCUT2D eigenvalue weighted by atomic mass is 32.2. The van der Waals surface area contributed by atoms with E-state index in [1.807, 2.05) is 6.92 Å². The van der Waals surface area contributed by atoms with Gasteiger partial charge < -0.3 is 15.6 Å². The molecule has 0 aromatic heterocycles. The summed E-state index contributed by atoms with van der Waals surface area (Å²) in [5.74, 6) is 0. The second-order valence-electron chi connectivity index (χ2n) is 4.76. The van der Waals surface area contributed by atoms with Gasteiger partial charge in [0.25, 0.3) is 10.1 Å². The molecule has 1 aromatic rings.